The van der Waals surface area contributed by atoms with E-state index in [4.69, 9.17) is 11.5 Å². The summed E-state index contributed by atoms with van der Waals surface area (Å²) >= 11 is 3.89. The van der Waals surface area contributed by atoms with E-state index in [0.29, 0.717) is 17.7 Å². The van der Waals surface area contributed by atoms with Gasteiger partial charge in [-0.15, -0.1) is 11.3 Å². The maximum atomic E-state index is 12.6. The van der Waals surface area contributed by atoms with Crippen LogP contribution in [0.25, 0.3) is 0 Å². The van der Waals surface area contributed by atoms with E-state index in [1.807, 2.05) is 0 Å². The Morgan fingerprint density at radius 1 is 1.50 bits per heavy atom. The van der Waals surface area contributed by atoms with Crippen LogP contribution in [-0.2, 0) is 11.0 Å². The molecule has 18 heavy (non-hydrogen) atoms. The second kappa shape index (κ2) is 6.03. The first-order chi connectivity index (χ1) is 8.23. The molecule has 1 heterocycles. The third kappa shape index (κ3) is 3.96. The molecule has 0 aromatic carbocycles. The molecule has 1 aromatic heterocycles. The number of alkyl halides is 3. The van der Waals surface area contributed by atoms with Gasteiger partial charge < -0.3 is 11.5 Å². The summed E-state index contributed by atoms with van der Waals surface area (Å²) < 4.78 is 37.7. The van der Waals surface area contributed by atoms with Gasteiger partial charge in [-0.05, 0) is 28.8 Å². The maximum Gasteiger partial charge on any atom is 0.418 e. The van der Waals surface area contributed by atoms with E-state index in [2.05, 4.69) is 15.9 Å². The molecule has 3 nitrogen and oxygen atoms in total. The summed E-state index contributed by atoms with van der Waals surface area (Å²) in [6, 6.07) is -0.528. The minimum absolute atomic E-state index is 0.00780. The molecule has 0 aliphatic rings. The number of amides is 1. The number of carbonyl (C=O) groups excluding carboxylic acids is 1. The molecular weight excluding hydrogens is 333 g/mol. The van der Waals surface area contributed by atoms with E-state index in [1.165, 1.54) is 0 Å². The van der Waals surface area contributed by atoms with Gasteiger partial charge in [0.25, 0.3) is 0 Å². The van der Waals surface area contributed by atoms with Gasteiger partial charge in [-0.25, -0.2) is 0 Å². The molecule has 0 fully saturated rings. The lowest BCUT2D eigenvalue weighted by Gasteiger charge is -2.11. The molecule has 0 bridgehead atoms. The lowest BCUT2D eigenvalue weighted by Crippen LogP contribution is -2.14. The highest BCUT2D eigenvalue weighted by Gasteiger charge is 2.35. The van der Waals surface area contributed by atoms with Crippen LogP contribution in [0.4, 0.5) is 13.2 Å². The van der Waals surface area contributed by atoms with Crippen molar-refractivity contribution in [2.45, 2.75) is 31.5 Å². The molecule has 1 atom stereocenters. The van der Waals surface area contributed by atoms with Crippen molar-refractivity contribution >= 4 is 33.2 Å². The predicted molar refractivity (Wildman–Crippen MR) is 67.0 cm³/mol. The van der Waals surface area contributed by atoms with Crippen LogP contribution in [0.5, 0.6) is 0 Å². The highest BCUT2D eigenvalue weighted by Crippen LogP contribution is 2.42. The Labute approximate surface area is 114 Å². The van der Waals surface area contributed by atoms with Gasteiger partial charge >= 0.3 is 6.18 Å². The minimum Gasteiger partial charge on any atom is -0.370 e. The van der Waals surface area contributed by atoms with Crippen molar-refractivity contribution < 1.29 is 18.0 Å². The minimum atomic E-state index is -4.39. The molecule has 1 amide bonds. The molecular formula is C10H12BrF3N2OS. The Balaban J connectivity index is 2.72. The smallest absolute Gasteiger partial charge is 0.370 e. The normalized spacial score (nSPS) is 13.6. The second-order valence-corrected chi connectivity index (χ2v) is 5.49. The fourth-order valence-electron chi connectivity index (χ4n) is 1.43. The third-order valence-corrected chi connectivity index (χ3v) is 4.57. The summed E-state index contributed by atoms with van der Waals surface area (Å²) in [6.07, 6.45) is -3.33. The number of hydrogen-bond acceptors (Lipinski definition) is 3. The van der Waals surface area contributed by atoms with E-state index in [-0.39, 0.29) is 10.9 Å². The molecule has 1 unspecified atom stereocenters. The van der Waals surface area contributed by atoms with E-state index >= 15 is 0 Å². The quantitative estimate of drug-likeness (QED) is 0.861. The highest BCUT2D eigenvalue weighted by molar-refractivity contribution is 9.10. The van der Waals surface area contributed by atoms with Crippen molar-refractivity contribution in [1.29, 1.82) is 0 Å². The van der Waals surface area contributed by atoms with Crippen LogP contribution in [0.1, 0.15) is 35.7 Å². The zero-order valence-electron chi connectivity index (χ0n) is 9.26. The molecule has 0 aliphatic carbocycles. The van der Waals surface area contributed by atoms with Gasteiger partial charge in [0.15, 0.2) is 0 Å². The molecule has 1 rings (SSSR count). The van der Waals surface area contributed by atoms with Crippen LogP contribution in [0, 0.1) is 0 Å². The van der Waals surface area contributed by atoms with Gasteiger partial charge in [-0.2, -0.15) is 13.2 Å². The van der Waals surface area contributed by atoms with Crippen LogP contribution in [0.3, 0.4) is 0 Å². The molecule has 0 aliphatic heterocycles. The monoisotopic (exact) mass is 344 g/mol. The summed E-state index contributed by atoms with van der Waals surface area (Å²) in [5, 5.41) is 1.04. The number of nitrogens with two attached hydrogens (primary N) is 2. The summed E-state index contributed by atoms with van der Waals surface area (Å²) in [5.74, 6) is -0.441. The van der Waals surface area contributed by atoms with Gasteiger partial charge in [0.05, 0.1) is 5.56 Å². The molecule has 8 heteroatoms. The van der Waals surface area contributed by atoms with E-state index < -0.39 is 23.7 Å². The third-order valence-electron chi connectivity index (χ3n) is 2.34. The molecule has 0 spiro atoms. The van der Waals surface area contributed by atoms with Crippen molar-refractivity contribution in [2.24, 2.45) is 11.5 Å². The lowest BCUT2D eigenvalue weighted by molar-refractivity contribution is -0.137. The van der Waals surface area contributed by atoms with Crippen LogP contribution in [0.15, 0.2) is 9.85 Å². The SMILES string of the molecule is NC(=O)CCCC(N)c1scc(C(F)(F)F)c1Br. The maximum absolute atomic E-state index is 12.6. The van der Waals surface area contributed by atoms with Gasteiger partial charge in [0.2, 0.25) is 5.91 Å². The van der Waals surface area contributed by atoms with Crippen molar-refractivity contribution in [1.82, 2.24) is 0 Å². The number of primary amides is 1. The molecule has 102 valence electrons. The van der Waals surface area contributed by atoms with Gasteiger partial charge in [-0.3, -0.25) is 4.79 Å². The fraction of sp³-hybridized carbons (Fsp3) is 0.500. The first kappa shape index (κ1) is 15.5. The molecule has 1 aromatic rings. The van der Waals surface area contributed by atoms with Gasteiger partial charge in [-0.1, -0.05) is 0 Å². The number of hydrogen-bond donors (Lipinski definition) is 2. The van der Waals surface area contributed by atoms with E-state index in [1.54, 1.807) is 0 Å². The Morgan fingerprint density at radius 3 is 2.56 bits per heavy atom. The van der Waals surface area contributed by atoms with Gasteiger partial charge in [0.1, 0.15) is 0 Å². The average molecular weight is 345 g/mol. The fourth-order valence-corrected chi connectivity index (χ4v) is 3.49. The Hall–Kier alpha value is -0.600. The number of rotatable bonds is 5. The van der Waals surface area contributed by atoms with Crippen molar-refractivity contribution in [3.05, 3.63) is 20.3 Å². The van der Waals surface area contributed by atoms with Crippen molar-refractivity contribution in [3.8, 4) is 0 Å². The largest absolute Gasteiger partial charge is 0.418 e. The van der Waals surface area contributed by atoms with Gasteiger partial charge in [0, 0.05) is 27.2 Å². The molecule has 0 radical (unpaired) electrons. The highest BCUT2D eigenvalue weighted by atomic mass is 79.9. The summed E-state index contributed by atoms with van der Waals surface area (Å²) in [4.78, 5) is 11.0. The standard InChI is InChI=1S/C10H12BrF3N2OS/c11-8-5(10(12,13)14)4-18-9(8)6(15)2-1-3-7(16)17/h4,6H,1-3,15H2,(H2,16,17). The van der Waals surface area contributed by atoms with E-state index in [0.717, 1.165) is 16.7 Å². The van der Waals surface area contributed by atoms with Crippen molar-refractivity contribution in [3.63, 3.8) is 0 Å². The second-order valence-electron chi connectivity index (χ2n) is 3.79. The first-order valence-corrected chi connectivity index (χ1v) is 6.78. The predicted octanol–water partition coefficient (Wildman–Crippen LogP) is 3.18. The Morgan fingerprint density at radius 2 is 2.11 bits per heavy atom. The topological polar surface area (TPSA) is 69.1 Å². The first-order valence-electron chi connectivity index (χ1n) is 5.11. The van der Waals surface area contributed by atoms with Crippen LogP contribution >= 0.6 is 27.3 Å². The molecule has 0 saturated carbocycles. The van der Waals surface area contributed by atoms with Crippen LogP contribution in [-0.4, -0.2) is 5.91 Å². The Kier molecular flexibility index (Phi) is 5.18. The summed E-state index contributed by atoms with van der Waals surface area (Å²) in [7, 11) is 0. The number of thiophene rings is 1. The van der Waals surface area contributed by atoms with Crippen molar-refractivity contribution in [2.75, 3.05) is 0 Å². The summed E-state index contributed by atoms with van der Waals surface area (Å²) in [6.45, 7) is 0. The lowest BCUT2D eigenvalue weighted by atomic mass is 10.1. The Bertz CT molecular complexity index is 433. The zero-order valence-corrected chi connectivity index (χ0v) is 11.7. The average Bonchev–Trinajstić information content (AvgIpc) is 2.58. The number of carbonyl (C=O) groups is 1. The molecule has 0 saturated heterocycles. The van der Waals surface area contributed by atoms with E-state index in [9.17, 15) is 18.0 Å². The molecule has 4 N–H and O–H groups in total. The number of halogens is 4. The van der Waals surface area contributed by atoms with Crippen LogP contribution < -0.4 is 11.5 Å². The summed E-state index contributed by atoms with van der Waals surface area (Å²) in [5.41, 5.74) is 10.1. The zero-order chi connectivity index (χ0) is 13.9. The van der Waals surface area contributed by atoms with Crippen LogP contribution in [0.2, 0.25) is 0 Å².